The van der Waals surface area contributed by atoms with Crippen molar-refractivity contribution in [3.8, 4) is 22.6 Å². The Hall–Kier alpha value is -7.44. The summed E-state index contributed by atoms with van der Waals surface area (Å²) in [6, 6.07) is 62.4. The summed E-state index contributed by atoms with van der Waals surface area (Å²) in [7, 11) is 2.88. The van der Waals surface area contributed by atoms with E-state index in [0.29, 0.717) is 22.5 Å². The fraction of sp³-hybridized carbons (Fsp3) is 0.0566. The van der Waals surface area contributed by atoms with Gasteiger partial charge < -0.3 is 9.47 Å². The van der Waals surface area contributed by atoms with Crippen LogP contribution in [0.2, 0.25) is 0 Å². The summed E-state index contributed by atoms with van der Waals surface area (Å²) in [5, 5.41) is 0. The van der Waals surface area contributed by atoms with Crippen molar-refractivity contribution >= 4 is 22.8 Å². The summed E-state index contributed by atoms with van der Waals surface area (Å²) in [6.45, 7) is 0. The second kappa shape index (κ2) is 15.8. The molecule has 9 rings (SSSR count). The highest BCUT2D eigenvalue weighted by atomic mass is 19.1. The average molecular weight is 773 g/mol. The lowest BCUT2D eigenvalue weighted by Crippen LogP contribution is -2.29. The monoisotopic (exact) mass is 772 g/mol. The summed E-state index contributed by atoms with van der Waals surface area (Å²) in [6.07, 6.45) is 0. The number of nitrogens with zero attached hydrogens (tertiary/aromatic N) is 2. The van der Waals surface area contributed by atoms with Gasteiger partial charge in [-0.2, -0.15) is 0 Å². The van der Waals surface area contributed by atoms with E-state index in [1.54, 1.807) is 12.1 Å². The molecule has 0 aliphatic heterocycles. The van der Waals surface area contributed by atoms with Gasteiger partial charge in [-0.3, -0.25) is 0 Å². The van der Waals surface area contributed by atoms with Crippen LogP contribution in [0, 0.1) is 11.6 Å². The molecule has 0 heterocycles. The zero-order chi connectivity index (χ0) is 40.3. The molecule has 0 amide bonds. The number of ether oxygens (including phenoxy) is 2. The molecule has 0 spiro atoms. The van der Waals surface area contributed by atoms with Crippen molar-refractivity contribution in [2.24, 2.45) is 9.98 Å². The van der Waals surface area contributed by atoms with Crippen LogP contribution in [-0.2, 0) is 5.41 Å². The molecule has 1 aliphatic carbocycles. The second-order valence-electron chi connectivity index (χ2n) is 14.3. The first-order valence-electron chi connectivity index (χ1n) is 19.3. The molecule has 0 atom stereocenters. The van der Waals surface area contributed by atoms with Gasteiger partial charge in [0.2, 0.25) is 0 Å². The minimum absolute atomic E-state index is 0.102. The molecule has 8 aromatic rings. The van der Waals surface area contributed by atoms with E-state index >= 15 is 8.78 Å². The zero-order valence-electron chi connectivity index (χ0n) is 32.4. The van der Waals surface area contributed by atoms with Crippen molar-refractivity contribution in [3.63, 3.8) is 0 Å². The van der Waals surface area contributed by atoms with Gasteiger partial charge in [0.1, 0.15) is 0 Å². The van der Waals surface area contributed by atoms with Crippen molar-refractivity contribution in [1.82, 2.24) is 0 Å². The Morgan fingerprint density at radius 3 is 1.05 bits per heavy atom. The van der Waals surface area contributed by atoms with E-state index in [0.717, 1.165) is 55.9 Å². The molecular weight excluding hydrogens is 735 g/mol. The highest BCUT2D eigenvalue weighted by Crippen LogP contribution is 2.58. The number of rotatable bonds is 10. The van der Waals surface area contributed by atoms with E-state index < -0.39 is 17.0 Å². The van der Waals surface area contributed by atoms with Gasteiger partial charge in [0.15, 0.2) is 23.1 Å². The lowest BCUT2D eigenvalue weighted by atomic mass is 9.67. The number of benzene rings is 8. The number of fused-ring (bicyclic) bond motifs is 3. The summed E-state index contributed by atoms with van der Waals surface area (Å²) < 4.78 is 43.1. The Kier molecular flexibility index (Phi) is 9.97. The van der Waals surface area contributed by atoms with Crippen LogP contribution in [0.4, 0.5) is 20.2 Å². The summed E-state index contributed by atoms with van der Waals surface area (Å²) in [5.74, 6) is -0.874. The molecule has 286 valence electrons. The van der Waals surface area contributed by atoms with Crippen molar-refractivity contribution in [2.75, 3.05) is 14.2 Å². The predicted octanol–water partition coefficient (Wildman–Crippen LogP) is 12.7. The van der Waals surface area contributed by atoms with Crippen LogP contribution in [0.1, 0.15) is 44.5 Å². The molecular formula is C53H38F2N2O2. The first kappa shape index (κ1) is 37.2. The van der Waals surface area contributed by atoms with Gasteiger partial charge in [0.25, 0.3) is 0 Å². The third-order valence-corrected chi connectivity index (χ3v) is 10.9. The lowest BCUT2D eigenvalue weighted by molar-refractivity contribution is 0.385. The smallest absolute Gasteiger partial charge is 0.165 e. The van der Waals surface area contributed by atoms with Crippen LogP contribution < -0.4 is 9.47 Å². The molecule has 0 aromatic heterocycles. The fourth-order valence-electron chi connectivity index (χ4n) is 8.26. The maximum Gasteiger partial charge on any atom is 0.165 e. The molecule has 0 bridgehead atoms. The van der Waals surface area contributed by atoms with Gasteiger partial charge in [0, 0.05) is 22.3 Å². The highest BCUT2D eigenvalue weighted by Gasteiger charge is 2.47. The SMILES string of the molecule is COc1ccc(C2(c3ccc(OC)c(F)c3)c3cc(N=C(c4ccccc4)c4ccccc4)ccc3-c3ccc(N=C(c4ccccc4)c4ccccc4)cc32)cc1F. The topological polar surface area (TPSA) is 43.2 Å². The Morgan fingerprint density at radius 2 is 0.746 bits per heavy atom. The molecule has 0 unspecified atom stereocenters. The summed E-state index contributed by atoms with van der Waals surface area (Å²) in [5.41, 5.74) is 10.2. The maximum atomic E-state index is 16.1. The molecule has 4 nitrogen and oxygen atoms in total. The van der Waals surface area contributed by atoms with E-state index in [9.17, 15) is 0 Å². The minimum atomic E-state index is -1.23. The maximum absolute atomic E-state index is 16.1. The van der Waals surface area contributed by atoms with Gasteiger partial charge in [-0.15, -0.1) is 0 Å². The van der Waals surface area contributed by atoms with Crippen LogP contribution in [0.5, 0.6) is 11.5 Å². The summed E-state index contributed by atoms with van der Waals surface area (Å²) in [4.78, 5) is 10.6. The molecule has 8 aromatic carbocycles. The first-order valence-corrected chi connectivity index (χ1v) is 19.3. The first-order chi connectivity index (χ1) is 29.0. The molecule has 59 heavy (non-hydrogen) atoms. The number of hydrogen-bond donors (Lipinski definition) is 0. The number of aliphatic imine (C=N–C) groups is 2. The number of hydrogen-bond acceptors (Lipinski definition) is 4. The number of halogens is 2. The van der Waals surface area contributed by atoms with Crippen molar-refractivity contribution in [1.29, 1.82) is 0 Å². The van der Waals surface area contributed by atoms with Crippen molar-refractivity contribution < 1.29 is 18.3 Å². The third-order valence-electron chi connectivity index (χ3n) is 10.9. The third kappa shape index (κ3) is 6.78. The van der Waals surface area contributed by atoms with E-state index in [-0.39, 0.29) is 11.5 Å². The van der Waals surface area contributed by atoms with Crippen LogP contribution >= 0.6 is 0 Å². The van der Waals surface area contributed by atoms with Crippen molar-refractivity contribution in [2.45, 2.75) is 5.41 Å². The molecule has 0 radical (unpaired) electrons. The van der Waals surface area contributed by atoms with Crippen LogP contribution in [0.25, 0.3) is 11.1 Å². The standard InChI is InChI=1S/C53H38F2N2O2/c1-58-49-29-23-39(31-47(49)54)53(40-24-30-50(59-2)48(55)32-40)45-33-41(56-51(35-15-7-3-8-16-35)36-17-9-4-10-18-36)25-27-43(45)44-28-26-42(34-46(44)53)57-52(37-19-11-5-12-20-37)38-21-13-6-14-22-38/h3-34H,1-2H3. The Labute approximate surface area is 342 Å². The number of methoxy groups -OCH3 is 2. The van der Waals surface area contributed by atoms with Gasteiger partial charge >= 0.3 is 0 Å². The van der Waals surface area contributed by atoms with E-state index in [4.69, 9.17) is 19.5 Å². The molecule has 6 heteroatoms. The largest absolute Gasteiger partial charge is 0.494 e. The quantitative estimate of drug-likeness (QED) is 0.130. The highest BCUT2D eigenvalue weighted by molar-refractivity contribution is 6.14. The summed E-state index contributed by atoms with van der Waals surface area (Å²) >= 11 is 0. The molecule has 0 fully saturated rings. The molecule has 1 aliphatic rings. The molecule has 0 N–H and O–H groups in total. The van der Waals surface area contributed by atoms with Crippen LogP contribution in [0.3, 0.4) is 0 Å². The lowest BCUT2D eigenvalue weighted by Gasteiger charge is -2.34. The zero-order valence-corrected chi connectivity index (χ0v) is 32.4. The predicted molar refractivity (Wildman–Crippen MR) is 233 cm³/mol. The minimum Gasteiger partial charge on any atom is -0.494 e. The van der Waals surface area contributed by atoms with E-state index in [1.165, 1.54) is 26.4 Å². The van der Waals surface area contributed by atoms with Gasteiger partial charge in [-0.1, -0.05) is 146 Å². The normalized spacial score (nSPS) is 12.2. The van der Waals surface area contributed by atoms with E-state index in [2.05, 4.69) is 12.1 Å². The Morgan fingerprint density at radius 1 is 0.407 bits per heavy atom. The fourth-order valence-corrected chi connectivity index (χ4v) is 8.26. The average Bonchev–Trinajstić information content (AvgIpc) is 3.58. The molecule has 0 saturated heterocycles. The Balaban J connectivity index is 1.35. The molecule has 0 saturated carbocycles. The second-order valence-corrected chi connectivity index (χ2v) is 14.3. The van der Waals surface area contributed by atoms with Crippen LogP contribution in [-0.4, -0.2) is 25.6 Å². The van der Waals surface area contributed by atoms with Gasteiger partial charge in [0.05, 0.1) is 42.4 Å². The van der Waals surface area contributed by atoms with Crippen molar-refractivity contribution in [3.05, 3.63) is 250 Å². The van der Waals surface area contributed by atoms with Crippen LogP contribution in [0.15, 0.2) is 204 Å². The van der Waals surface area contributed by atoms with Gasteiger partial charge in [-0.05, 0) is 81.9 Å². The van der Waals surface area contributed by atoms with E-state index in [1.807, 2.05) is 158 Å². The van der Waals surface area contributed by atoms with Gasteiger partial charge in [-0.25, -0.2) is 18.8 Å². The Bertz CT molecular complexity index is 2580.